The summed E-state index contributed by atoms with van der Waals surface area (Å²) in [4.78, 5) is 30.7. The number of carbonyl (C=O) groups is 2. The Morgan fingerprint density at radius 3 is 2.41 bits per heavy atom. The van der Waals surface area contributed by atoms with Crippen LogP contribution >= 0.6 is 11.8 Å². The minimum Gasteiger partial charge on any atom is -0.497 e. The van der Waals surface area contributed by atoms with E-state index in [1.54, 1.807) is 63.7 Å². The molecule has 0 aromatic heterocycles. The predicted molar refractivity (Wildman–Crippen MR) is 113 cm³/mol. The van der Waals surface area contributed by atoms with Crippen LogP contribution in [-0.4, -0.2) is 50.3 Å². The van der Waals surface area contributed by atoms with Gasteiger partial charge in [-0.1, -0.05) is 0 Å². The van der Waals surface area contributed by atoms with E-state index < -0.39 is 5.97 Å². The summed E-state index contributed by atoms with van der Waals surface area (Å²) in [6.45, 7) is 0. The highest BCUT2D eigenvalue weighted by molar-refractivity contribution is 8.18. The van der Waals surface area contributed by atoms with Gasteiger partial charge in [-0.3, -0.25) is 9.69 Å². The van der Waals surface area contributed by atoms with Gasteiger partial charge in [-0.15, -0.1) is 0 Å². The highest BCUT2D eigenvalue weighted by Gasteiger charge is 2.30. The van der Waals surface area contributed by atoms with Crippen molar-refractivity contribution in [2.24, 2.45) is 4.99 Å². The Labute approximate surface area is 173 Å². The summed E-state index contributed by atoms with van der Waals surface area (Å²) in [6, 6.07) is 12.1. The lowest BCUT2D eigenvalue weighted by molar-refractivity contribution is -0.121. The second kappa shape index (κ2) is 8.83. The first-order chi connectivity index (χ1) is 14.0. The van der Waals surface area contributed by atoms with E-state index in [1.165, 1.54) is 23.8 Å². The molecular weight excluding hydrogens is 392 g/mol. The Balaban J connectivity index is 1.87. The SMILES string of the molecule is COC(=O)c1ccc(N=C2SC(=Cc3ccc(OC)cc3OC)C(=O)N2C)cc1. The van der Waals surface area contributed by atoms with Gasteiger partial charge in [-0.05, 0) is 54.2 Å². The number of rotatable bonds is 5. The molecule has 0 unspecified atom stereocenters. The number of thioether (sulfide) groups is 1. The fourth-order valence-electron chi connectivity index (χ4n) is 2.63. The first-order valence-electron chi connectivity index (χ1n) is 8.63. The van der Waals surface area contributed by atoms with Crippen molar-refractivity contribution in [3.05, 3.63) is 58.5 Å². The number of ether oxygens (including phenoxy) is 3. The van der Waals surface area contributed by atoms with Crippen LogP contribution in [0.4, 0.5) is 5.69 Å². The monoisotopic (exact) mass is 412 g/mol. The molecule has 29 heavy (non-hydrogen) atoms. The lowest BCUT2D eigenvalue weighted by atomic mass is 10.1. The van der Waals surface area contributed by atoms with E-state index in [9.17, 15) is 9.59 Å². The zero-order valence-corrected chi connectivity index (χ0v) is 17.3. The molecule has 0 N–H and O–H groups in total. The van der Waals surface area contributed by atoms with Gasteiger partial charge in [-0.25, -0.2) is 9.79 Å². The number of hydrogen-bond donors (Lipinski definition) is 0. The number of methoxy groups -OCH3 is 3. The summed E-state index contributed by atoms with van der Waals surface area (Å²) in [7, 11) is 6.15. The van der Waals surface area contributed by atoms with Crippen molar-refractivity contribution in [2.75, 3.05) is 28.4 Å². The fraction of sp³-hybridized carbons (Fsp3) is 0.190. The van der Waals surface area contributed by atoms with Gasteiger partial charge >= 0.3 is 5.97 Å². The number of esters is 1. The van der Waals surface area contributed by atoms with Crippen molar-refractivity contribution in [2.45, 2.75) is 0 Å². The molecule has 2 aromatic carbocycles. The number of amides is 1. The molecule has 1 amide bonds. The topological polar surface area (TPSA) is 77.4 Å². The van der Waals surface area contributed by atoms with Gasteiger partial charge in [0.1, 0.15) is 11.5 Å². The fourth-order valence-corrected chi connectivity index (χ4v) is 3.61. The first-order valence-corrected chi connectivity index (χ1v) is 9.45. The van der Waals surface area contributed by atoms with E-state index in [2.05, 4.69) is 9.73 Å². The van der Waals surface area contributed by atoms with E-state index >= 15 is 0 Å². The average Bonchev–Trinajstić information content (AvgIpc) is 3.01. The summed E-state index contributed by atoms with van der Waals surface area (Å²) in [5.74, 6) is 0.712. The first kappa shape index (κ1) is 20.5. The van der Waals surface area contributed by atoms with Crippen molar-refractivity contribution in [3.63, 3.8) is 0 Å². The van der Waals surface area contributed by atoms with Crippen LogP contribution < -0.4 is 9.47 Å². The van der Waals surface area contributed by atoms with Crippen LogP contribution in [0.5, 0.6) is 11.5 Å². The van der Waals surface area contributed by atoms with Gasteiger partial charge < -0.3 is 14.2 Å². The molecule has 1 fully saturated rings. The Kier molecular flexibility index (Phi) is 6.23. The van der Waals surface area contributed by atoms with Gasteiger partial charge in [0.05, 0.1) is 37.5 Å². The molecule has 0 atom stereocenters. The maximum Gasteiger partial charge on any atom is 0.337 e. The largest absolute Gasteiger partial charge is 0.497 e. The van der Waals surface area contributed by atoms with Crippen molar-refractivity contribution in [1.29, 1.82) is 0 Å². The number of carbonyl (C=O) groups excluding carboxylic acids is 2. The van der Waals surface area contributed by atoms with Crippen LogP contribution in [0.2, 0.25) is 0 Å². The maximum atomic E-state index is 12.6. The second-order valence-electron chi connectivity index (χ2n) is 6.02. The van der Waals surface area contributed by atoms with Crippen LogP contribution in [0.1, 0.15) is 15.9 Å². The third kappa shape index (κ3) is 4.43. The average molecular weight is 412 g/mol. The zero-order chi connectivity index (χ0) is 21.0. The molecule has 7 nitrogen and oxygen atoms in total. The molecule has 0 aliphatic carbocycles. The van der Waals surface area contributed by atoms with Crippen LogP contribution in [0.3, 0.4) is 0 Å². The standard InChI is InChI=1S/C21H20N2O5S/c1-23-19(24)18(11-14-7-10-16(26-2)12-17(14)27-3)29-21(23)22-15-8-5-13(6-9-15)20(25)28-4/h5-12H,1-4H3. The van der Waals surface area contributed by atoms with E-state index in [0.29, 0.717) is 32.8 Å². The van der Waals surface area contributed by atoms with Gasteiger partial charge in [-0.2, -0.15) is 0 Å². The Hall–Kier alpha value is -3.26. The lowest BCUT2D eigenvalue weighted by Gasteiger charge is -2.08. The van der Waals surface area contributed by atoms with E-state index in [4.69, 9.17) is 9.47 Å². The summed E-state index contributed by atoms with van der Waals surface area (Å²) in [6.07, 6.45) is 1.77. The van der Waals surface area contributed by atoms with Crippen LogP contribution in [0.15, 0.2) is 52.4 Å². The molecule has 8 heteroatoms. The smallest absolute Gasteiger partial charge is 0.337 e. The van der Waals surface area contributed by atoms with E-state index in [0.717, 1.165) is 5.56 Å². The summed E-state index contributed by atoms with van der Waals surface area (Å²) in [5.41, 5.74) is 1.83. The molecule has 0 bridgehead atoms. The molecular formula is C21H20N2O5S. The van der Waals surface area contributed by atoms with Crippen molar-refractivity contribution in [3.8, 4) is 11.5 Å². The number of hydrogen-bond acceptors (Lipinski definition) is 7. The maximum absolute atomic E-state index is 12.6. The molecule has 150 valence electrons. The van der Waals surface area contributed by atoms with Crippen LogP contribution in [0.25, 0.3) is 6.08 Å². The molecule has 1 heterocycles. The number of aliphatic imine (C=N–C) groups is 1. The third-order valence-electron chi connectivity index (χ3n) is 4.24. The second-order valence-corrected chi connectivity index (χ2v) is 7.02. The molecule has 1 aliphatic rings. The van der Waals surface area contributed by atoms with Crippen LogP contribution in [-0.2, 0) is 9.53 Å². The summed E-state index contributed by atoms with van der Waals surface area (Å²) < 4.78 is 15.3. The Morgan fingerprint density at radius 1 is 1.07 bits per heavy atom. The number of likely N-dealkylation sites (N-methyl/N-ethyl adjacent to an activating group) is 1. The molecule has 0 radical (unpaired) electrons. The van der Waals surface area contributed by atoms with Gasteiger partial charge in [0, 0.05) is 18.7 Å². The molecule has 1 saturated heterocycles. The Bertz CT molecular complexity index is 999. The molecule has 0 saturated carbocycles. The normalized spacial score (nSPS) is 16.4. The quantitative estimate of drug-likeness (QED) is 0.550. The molecule has 2 aromatic rings. The highest BCUT2D eigenvalue weighted by atomic mass is 32.2. The Morgan fingerprint density at radius 2 is 1.79 bits per heavy atom. The van der Waals surface area contributed by atoms with E-state index in [-0.39, 0.29) is 5.91 Å². The van der Waals surface area contributed by atoms with Crippen molar-refractivity contribution < 1.29 is 23.8 Å². The number of amidine groups is 1. The third-order valence-corrected chi connectivity index (χ3v) is 5.30. The van der Waals surface area contributed by atoms with Crippen molar-refractivity contribution >= 4 is 40.6 Å². The summed E-state index contributed by atoms with van der Waals surface area (Å²) in [5, 5.41) is 0.541. The minimum atomic E-state index is -0.412. The van der Waals surface area contributed by atoms with Gasteiger partial charge in [0.2, 0.25) is 0 Å². The molecule has 0 spiro atoms. The van der Waals surface area contributed by atoms with E-state index in [1.807, 2.05) is 6.07 Å². The number of nitrogens with zero attached hydrogens (tertiary/aromatic N) is 2. The highest BCUT2D eigenvalue weighted by Crippen LogP contribution is 2.35. The molecule has 3 rings (SSSR count). The summed E-state index contributed by atoms with van der Waals surface area (Å²) >= 11 is 1.27. The predicted octanol–water partition coefficient (Wildman–Crippen LogP) is 3.72. The molecule has 1 aliphatic heterocycles. The minimum absolute atomic E-state index is 0.155. The van der Waals surface area contributed by atoms with Crippen LogP contribution in [0, 0.1) is 0 Å². The van der Waals surface area contributed by atoms with Gasteiger partial charge in [0.15, 0.2) is 5.17 Å². The van der Waals surface area contributed by atoms with Crippen molar-refractivity contribution in [1.82, 2.24) is 4.90 Å². The van der Waals surface area contributed by atoms with Gasteiger partial charge in [0.25, 0.3) is 5.91 Å². The number of benzene rings is 2. The lowest BCUT2D eigenvalue weighted by Crippen LogP contribution is -2.23. The zero-order valence-electron chi connectivity index (χ0n) is 16.5.